The molecule has 0 aliphatic carbocycles. The van der Waals surface area contributed by atoms with Crippen molar-refractivity contribution < 1.29 is 9.59 Å². The van der Waals surface area contributed by atoms with Gasteiger partial charge in [0.1, 0.15) is 6.04 Å². The third-order valence-corrected chi connectivity index (χ3v) is 6.28. The van der Waals surface area contributed by atoms with Crippen LogP contribution in [0.4, 0.5) is 0 Å². The van der Waals surface area contributed by atoms with Crippen molar-refractivity contribution in [1.29, 1.82) is 0 Å². The quantitative estimate of drug-likeness (QED) is 0.381. The predicted octanol–water partition coefficient (Wildman–Crippen LogP) is 6.40. The molecule has 0 saturated heterocycles. The van der Waals surface area contributed by atoms with Gasteiger partial charge in [0.05, 0.1) is 16.5 Å². The highest BCUT2D eigenvalue weighted by Gasteiger charge is 2.32. The molecule has 1 atom stereocenters. The van der Waals surface area contributed by atoms with E-state index in [0.717, 1.165) is 22.3 Å². The van der Waals surface area contributed by atoms with Crippen molar-refractivity contribution in [1.82, 2.24) is 10.2 Å². The van der Waals surface area contributed by atoms with E-state index in [2.05, 4.69) is 5.32 Å². The summed E-state index contributed by atoms with van der Waals surface area (Å²) in [7, 11) is 0. The third kappa shape index (κ3) is 8.12. The molecule has 3 aromatic carbocycles. The van der Waals surface area contributed by atoms with Crippen LogP contribution in [0.1, 0.15) is 43.0 Å². The fraction of sp³-hybridized carbons (Fsp3) is 0.310. The van der Waals surface area contributed by atoms with Gasteiger partial charge in [-0.2, -0.15) is 0 Å². The Labute approximate surface area is 218 Å². The summed E-state index contributed by atoms with van der Waals surface area (Å²) < 4.78 is 0. The van der Waals surface area contributed by atoms with E-state index in [1.165, 1.54) is 0 Å². The minimum atomic E-state index is -0.705. The number of amides is 2. The minimum Gasteiger partial charge on any atom is -0.350 e. The second kappa shape index (κ2) is 11.7. The van der Waals surface area contributed by atoms with Crippen LogP contribution in [0.5, 0.6) is 0 Å². The highest BCUT2D eigenvalue weighted by molar-refractivity contribution is 6.42. The maximum absolute atomic E-state index is 13.8. The van der Waals surface area contributed by atoms with Crippen LogP contribution in [0.15, 0.2) is 72.8 Å². The molecular formula is C29H32Cl2N2O2. The van der Waals surface area contributed by atoms with E-state index in [1.54, 1.807) is 17.0 Å². The van der Waals surface area contributed by atoms with E-state index in [1.807, 2.05) is 88.4 Å². The lowest BCUT2D eigenvalue weighted by Crippen LogP contribution is -2.54. The summed E-state index contributed by atoms with van der Waals surface area (Å²) in [6, 6.07) is 22.2. The average Bonchev–Trinajstić information content (AvgIpc) is 2.78. The Morgan fingerprint density at radius 1 is 0.857 bits per heavy atom. The fourth-order valence-corrected chi connectivity index (χ4v) is 4.26. The molecule has 1 N–H and O–H groups in total. The second-order valence-corrected chi connectivity index (χ2v) is 10.7. The summed E-state index contributed by atoms with van der Waals surface area (Å²) in [5.74, 6) is -0.328. The molecule has 3 rings (SSSR count). The molecule has 35 heavy (non-hydrogen) atoms. The number of rotatable bonds is 8. The zero-order valence-electron chi connectivity index (χ0n) is 20.6. The molecule has 6 heteroatoms. The molecule has 4 nitrogen and oxygen atoms in total. The molecule has 0 aromatic heterocycles. The molecule has 0 aliphatic heterocycles. The highest BCUT2D eigenvalue weighted by Crippen LogP contribution is 2.25. The summed E-state index contributed by atoms with van der Waals surface area (Å²) in [5, 5.41) is 3.93. The lowest BCUT2D eigenvalue weighted by Gasteiger charge is -2.34. The van der Waals surface area contributed by atoms with E-state index in [4.69, 9.17) is 23.2 Å². The molecule has 0 radical (unpaired) electrons. The van der Waals surface area contributed by atoms with Crippen molar-refractivity contribution in [2.45, 2.75) is 58.7 Å². The first-order valence-electron chi connectivity index (χ1n) is 11.7. The predicted molar refractivity (Wildman–Crippen MR) is 144 cm³/mol. The van der Waals surface area contributed by atoms with Crippen LogP contribution in [-0.2, 0) is 29.0 Å². The number of carbonyl (C=O) groups is 2. The van der Waals surface area contributed by atoms with E-state index in [9.17, 15) is 9.59 Å². The third-order valence-electron chi connectivity index (χ3n) is 5.54. The molecule has 0 saturated carbocycles. The van der Waals surface area contributed by atoms with Crippen molar-refractivity contribution in [3.63, 3.8) is 0 Å². The maximum atomic E-state index is 13.8. The average molecular weight is 511 g/mol. The van der Waals surface area contributed by atoms with E-state index in [0.29, 0.717) is 16.5 Å². The van der Waals surface area contributed by atoms with Crippen LogP contribution in [0.3, 0.4) is 0 Å². The van der Waals surface area contributed by atoms with Gasteiger partial charge >= 0.3 is 0 Å². The van der Waals surface area contributed by atoms with Crippen LogP contribution in [0.2, 0.25) is 10.0 Å². The van der Waals surface area contributed by atoms with Gasteiger partial charge in [0.2, 0.25) is 11.8 Å². The number of benzene rings is 3. The molecule has 2 amide bonds. The van der Waals surface area contributed by atoms with Gasteiger partial charge in [-0.25, -0.2) is 0 Å². The molecule has 0 unspecified atom stereocenters. The monoisotopic (exact) mass is 510 g/mol. The van der Waals surface area contributed by atoms with Crippen LogP contribution < -0.4 is 5.32 Å². The number of hydrogen-bond donors (Lipinski definition) is 1. The van der Waals surface area contributed by atoms with Gasteiger partial charge in [0.25, 0.3) is 0 Å². The molecule has 3 aromatic rings. The van der Waals surface area contributed by atoms with Crippen molar-refractivity contribution in [2.24, 2.45) is 0 Å². The standard InChI is InChI=1S/C29H32Cl2N2O2/c1-20-9-8-12-22(15-20)18-27(34)33(19-23-13-14-24(30)25(31)16-23)26(28(35)32-29(2,3)4)17-21-10-6-5-7-11-21/h5-16,26H,17-19H2,1-4H3,(H,32,35)/t26-/m1/s1. The van der Waals surface area contributed by atoms with Gasteiger partial charge in [-0.1, -0.05) is 89.4 Å². The van der Waals surface area contributed by atoms with Gasteiger partial charge < -0.3 is 10.2 Å². The van der Waals surface area contributed by atoms with Gasteiger partial charge in [-0.15, -0.1) is 0 Å². The molecule has 0 aliphatic rings. The number of hydrogen-bond acceptors (Lipinski definition) is 2. The van der Waals surface area contributed by atoms with Crippen LogP contribution in [0, 0.1) is 6.92 Å². The molecule has 0 spiro atoms. The number of carbonyl (C=O) groups excluding carboxylic acids is 2. The lowest BCUT2D eigenvalue weighted by atomic mass is 9.99. The number of aryl methyl sites for hydroxylation is 1. The van der Waals surface area contributed by atoms with Gasteiger partial charge in [-0.3, -0.25) is 9.59 Å². The Morgan fingerprint density at radius 2 is 1.54 bits per heavy atom. The first-order chi connectivity index (χ1) is 16.5. The van der Waals surface area contributed by atoms with Gasteiger partial charge in [0.15, 0.2) is 0 Å². The molecule has 0 fully saturated rings. The smallest absolute Gasteiger partial charge is 0.243 e. The number of halogens is 2. The summed E-state index contributed by atoms with van der Waals surface area (Å²) >= 11 is 12.4. The lowest BCUT2D eigenvalue weighted by molar-refractivity contribution is -0.141. The Morgan fingerprint density at radius 3 is 2.17 bits per heavy atom. The van der Waals surface area contributed by atoms with Crippen LogP contribution in [-0.4, -0.2) is 28.3 Å². The van der Waals surface area contributed by atoms with Gasteiger partial charge in [0, 0.05) is 18.5 Å². The zero-order valence-corrected chi connectivity index (χ0v) is 22.2. The highest BCUT2D eigenvalue weighted by atomic mass is 35.5. The number of nitrogens with one attached hydrogen (secondary N) is 1. The molecular weight excluding hydrogens is 479 g/mol. The van der Waals surface area contributed by atoms with Crippen molar-refractivity contribution in [3.8, 4) is 0 Å². The molecule has 0 bridgehead atoms. The van der Waals surface area contributed by atoms with E-state index < -0.39 is 11.6 Å². The number of nitrogens with zero attached hydrogens (tertiary/aromatic N) is 1. The Hall–Kier alpha value is -2.82. The van der Waals surface area contributed by atoms with E-state index >= 15 is 0 Å². The summed E-state index contributed by atoms with van der Waals surface area (Å²) in [6.07, 6.45) is 0.584. The Balaban J connectivity index is 2.01. The summed E-state index contributed by atoms with van der Waals surface area (Å²) in [6.45, 7) is 8.03. The second-order valence-electron chi connectivity index (χ2n) is 9.88. The minimum absolute atomic E-state index is 0.133. The Kier molecular flexibility index (Phi) is 8.98. The summed E-state index contributed by atoms with van der Waals surface area (Å²) in [4.78, 5) is 29.0. The largest absolute Gasteiger partial charge is 0.350 e. The zero-order chi connectivity index (χ0) is 25.6. The summed E-state index contributed by atoms with van der Waals surface area (Å²) in [5.41, 5.74) is 3.32. The normalized spacial score (nSPS) is 12.2. The topological polar surface area (TPSA) is 49.4 Å². The van der Waals surface area contributed by atoms with Gasteiger partial charge in [-0.05, 0) is 56.5 Å². The van der Waals surface area contributed by atoms with Crippen molar-refractivity contribution in [2.75, 3.05) is 0 Å². The maximum Gasteiger partial charge on any atom is 0.243 e. The van der Waals surface area contributed by atoms with Crippen LogP contribution >= 0.6 is 23.2 Å². The molecule has 0 heterocycles. The first-order valence-corrected chi connectivity index (χ1v) is 12.4. The van der Waals surface area contributed by atoms with Crippen molar-refractivity contribution in [3.05, 3.63) is 105 Å². The first kappa shape index (κ1) is 26.8. The fourth-order valence-electron chi connectivity index (χ4n) is 3.94. The van der Waals surface area contributed by atoms with Crippen molar-refractivity contribution >= 4 is 35.0 Å². The SMILES string of the molecule is Cc1cccc(CC(=O)N(Cc2ccc(Cl)c(Cl)c2)[C@H](Cc2ccccc2)C(=O)NC(C)(C)C)c1. The van der Waals surface area contributed by atoms with Crippen LogP contribution in [0.25, 0.3) is 0 Å². The van der Waals surface area contributed by atoms with E-state index in [-0.39, 0.29) is 24.8 Å². The Bertz CT molecular complexity index is 1170. The molecule has 184 valence electrons.